The minimum Gasteiger partial charge on any atom is -0.507 e. The maximum Gasteiger partial charge on any atom is 0.295 e. The van der Waals surface area contributed by atoms with Gasteiger partial charge >= 0.3 is 0 Å². The van der Waals surface area contributed by atoms with E-state index in [0.717, 1.165) is 37.7 Å². The molecule has 1 N–H and O–H groups in total. The summed E-state index contributed by atoms with van der Waals surface area (Å²) in [5.74, 6) is -0.878. The average molecular weight is 474 g/mol. The predicted molar refractivity (Wildman–Crippen MR) is 125 cm³/mol. The summed E-state index contributed by atoms with van der Waals surface area (Å²) in [5, 5.41) is 11.8. The summed E-state index contributed by atoms with van der Waals surface area (Å²) in [4.78, 5) is 28.1. The molecule has 2 aromatic carbocycles. The molecule has 0 spiro atoms. The van der Waals surface area contributed by atoms with E-state index in [2.05, 4.69) is 0 Å². The number of amides is 1. The van der Waals surface area contributed by atoms with E-state index in [1.165, 1.54) is 6.07 Å². The Morgan fingerprint density at radius 3 is 2.50 bits per heavy atom. The van der Waals surface area contributed by atoms with Crippen molar-refractivity contribution in [2.45, 2.75) is 51.1 Å². The Balaban J connectivity index is 1.88. The van der Waals surface area contributed by atoms with E-state index in [1.807, 2.05) is 31.2 Å². The number of ketones is 1. The standard InChI is InChI=1S/C25H25Cl2NO4/c1-2-32-18-10-6-7-15(13-18)22-21(23(29)16-11-12-19(26)20(27)14-16)24(30)25(31)28(22)17-8-4-3-5-9-17/h6-7,10-14,17,22,29H,2-5,8-9H2,1H3/b23-21-. The highest BCUT2D eigenvalue weighted by Crippen LogP contribution is 2.44. The second-order valence-corrected chi connectivity index (χ2v) is 8.95. The van der Waals surface area contributed by atoms with Crippen LogP contribution in [0.25, 0.3) is 5.76 Å². The van der Waals surface area contributed by atoms with Crippen molar-refractivity contribution < 1.29 is 19.4 Å². The molecule has 0 aromatic heterocycles. The lowest BCUT2D eigenvalue weighted by molar-refractivity contribution is -0.141. The fraction of sp³-hybridized carbons (Fsp3) is 0.360. The van der Waals surface area contributed by atoms with E-state index in [9.17, 15) is 14.7 Å². The molecular weight excluding hydrogens is 449 g/mol. The molecule has 2 aromatic rings. The van der Waals surface area contributed by atoms with Crippen LogP contribution >= 0.6 is 23.2 Å². The number of ether oxygens (including phenoxy) is 1. The van der Waals surface area contributed by atoms with Crippen LogP contribution in [0.2, 0.25) is 10.0 Å². The fourth-order valence-electron chi connectivity index (χ4n) is 4.65. The van der Waals surface area contributed by atoms with Crippen molar-refractivity contribution in [1.82, 2.24) is 4.90 Å². The van der Waals surface area contributed by atoms with Crippen LogP contribution in [-0.4, -0.2) is 34.3 Å². The van der Waals surface area contributed by atoms with Gasteiger partial charge in [0.15, 0.2) is 0 Å². The monoisotopic (exact) mass is 473 g/mol. The van der Waals surface area contributed by atoms with Gasteiger partial charge in [0.1, 0.15) is 11.5 Å². The number of aliphatic hydroxyl groups excluding tert-OH is 1. The molecule has 1 saturated carbocycles. The number of Topliss-reactive ketones (excluding diaryl/α,β-unsaturated/α-hetero) is 1. The smallest absolute Gasteiger partial charge is 0.295 e. The van der Waals surface area contributed by atoms with Crippen LogP contribution in [0.3, 0.4) is 0 Å². The van der Waals surface area contributed by atoms with Gasteiger partial charge in [0.2, 0.25) is 0 Å². The summed E-state index contributed by atoms with van der Waals surface area (Å²) in [6, 6.07) is 11.2. The molecule has 1 unspecified atom stereocenters. The topological polar surface area (TPSA) is 66.8 Å². The van der Waals surface area contributed by atoms with E-state index in [1.54, 1.807) is 17.0 Å². The Morgan fingerprint density at radius 1 is 1.06 bits per heavy atom. The second-order valence-electron chi connectivity index (χ2n) is 8.13. The zero-order valence-electron chi connectivity index (χ0n) is 17.8. The van der Waals surface area contributed by atoms with Gasteiger partial charge in [-0.1, -0.05) is 54.6 Å². The highest BCUT2D eigenvalue weighted by molar-refractivity contribution is 6.47. The number of carbonyl (C=O) groups excluding carboxylic acids is 2. The Kier molecular flexibility index (Phi) is 6.77. The van der Waals surface area contributed by atoms with Crippen molar-refractivity contribution in [2.24, 2.45) is 0 Å². The van der Waals surface area contributed by atoms with Gasteiger partial charge < -0.3 is 14.7 Å². The Labute approximate surface area is 197 Å². The van der Waals surface area contributed by atoms with Crippen LogP contribution in [-0.2, 0) is 9.59 Å². The van der Waals surface area contributed by atoms with Crippen LogP contribution in [0.15, 0.2) is 48.0 Å². The summed E-state index contributed by atoms with van der Waals surface area (Å²) in [6.07, 6.45) is 4.80. The predicted octanol–water partition coefficient (Wildman–Crippen LogP) is 6.15. The number of rotatable bonds is 5. The van der Waals surface area contributed by atoms with Crippen LogP contribution in [0.5, 0.6) is 5.75 Å². The number of nitrogens with zero attached hydrogens (tertiary/aromatic N) is 1. The highest BCUT2D eigenvalue weighted by atomic mass is 35.5. The SMILES string of the molecule is CCOc1cccc(C2/C(=C(/O)c3ccc(Cl)c(Cl)c3)C(=O)C(=O)N2C2CCCCC2)c1. The summed E-state index contributed by atoms with van der Waals surface area (Å²) in [7, 11) is 0. The molecule has 4 rings (SSSR count). The average Bonchev–Trinajstić information content (AvgIpc) is 3.07. The number of aliphatic hydroxyl groups is 1. The van der Waals surface area contributed by atoms with Gasteiger partial charge in [0.05, 0.1) is 28.3 Å². The number of halogens is 2. The summed E-state index contributed by atoms with van der Waals surface area (Å²) >= 11 is 12.2. The van der Waals surface area contributed by atoms with Gasteiger partial charge in [-0.05, 0) is 55.7 Å². The normalized spacial score (nSPS) is 21.2. The minimum absolute atomic E-state index is 0.0555. The third kappa shape index (κ3) is 4.24. The van der Waals surface area contributed by atoms with Gasteiger partial charge in [-0.15, -0.1) is 0 Å². The van der Waals surface area contributed by atoms with E-state index in [-0.39, 0.29) is 22.4 Å². The van der Waals surface area contributed by atoms with E-state index in [0.29, 0.717) is 22.9 Å². The summed E-state index contributed by atoms with van der Waals surface area (Å²) in [5.41, 5.74) is 1.13. The maximum atomic E-state index is 13.2. The van der Waals surface area contributed by atoms with Crippen LogP contribution in [0, 0.1) is 0 Å². The number of benzene rings is 2. The first-order valence-corrected chi connectivity index (χ1v) is 11.7. The third-order valence-electron chi connectivity index (χ3n) is 6.13. The summed E-state index contributed by atoms with van der Waals surface area (Å²) in [6.45, 7) is 2.39. The second kappa shape index (κ2) is 9.55. The molecule has 2 aliphatic rings. The molecule has 5 nitrogen and oxygen atoms in total. The van der Waals surface area contributed by atoms with Crippen LogP contribution in [0.4, 0.5) is 0 Å². The third-order valence-corrected chi connectivity index (χ3v) is 6.87. The van der Waals surface area contributed by atoms with Crippen LogP contribution < -0.4 is 4.74 Å². The van der Waals surface area contributed by atoms with Gasteiger partial charge in [0, 0.05) is 11.6 Å². The Bertz CT molecular complexity index is 1080. The molecule has 1 atom stereocenters. The quantitative estimate of drug-likeness (QED) is 0.321. The zero-order valence-corrected chi connectivity index (χ0v) is 19.3. The molecule has 32 heavy (non-hydrogen) atoms. The lowest BCUT2D eigenvalue weighted by Crippen LogP contribution is -2.40. The summed E-state index contributed by atoms with van der Waals surface area (Å²) < 4.78 is 5.65. The lowest BCUT2D eigenvalue weighted by Gasteiger charge is -2.35. The molecule has 1 heterocycles. The van der Waals surface area contributed by atoms with Gasteiger partial charge in [-0.25, -0.2) is 0 Å². The number of hydrogen-bond donors (Lipinski definition) is 1. The molecule has 1 amide bonds. The molecular formula is C25H25Cl2NO4. The Hall–Kier alpha value is -2.50. The highest BCUT2D eigenvalue weighted by Gasteiger charge is 2.49. The van der Waals surface area contributed by atoms with Gasteiger partial charge in [0.25, 0.3) is 11.7 Å². The van der Waals surface area contributed by atoms with E-state index in [4.69, 9.17) is 27.9 Å². The number of likely N-dealkylation sites (tertiary alicyclic amines) is 1. The molecule has 7 heteroatoms. The lowest BCUT2D eigenvalue weighted by atomic mass is 9.91. The first-order valence-electron chi connectivity index (χ1n) is 10.9. The van der Waals surface area contributed by atoms with E-state index >= 15 is 0 Å². The van der Waals surface area contributed by atoms with Crippen molar-refractivity contribution in [3.05, 3.63) is 69.2 Å². The van der Waals surface area contributed by atoms with Crippen molar-refractivity contribution in [1.29, 1.82) is 0 Å². The first kappa shape index (κ1) is 22.7. The van der Waals surface area contributed by atoms with Crippen LogP contribution in [0.1, 0.15) is 56.2 Å². The van der Waals surface area contributed by atoms with E-state index < -0.39 is 17.7 Å². The van der Waals surface area contributed by atoms with Crippen molar-refractivity contribution in [2.75, 3.05) is 6.61 Å². The van der Waals surface area contributed by atoms with Crippen molar-refractivity contribution in [3.8, 4) is 5.75 Å². The van der Waals surface area contributed by atoms with Gasteiger partial charge in [-0.2, -0.15) is 0 Å². The number of carbonyl (C=O) groups is 2. The van der Waals surface area contributed by atoms with Gasteiger partial charge in [-0.3, -0.25) is 9.59 Å². The molecule has 1 aliphatic carbocycles. The largest absolute Gasteiger partial charge is 0.507 e. The van der Waals surface area contributed by atoms with Crippen molar-refractivity contribution in [3.63, 3.8) is 0 Å². The number of hydrogen-bond acceptors (Lipinski definition) is 4. The minimum atomic E-state index is -0.701. The van der Waals surface area contributed by atoms with Crippen molar-refractivity contribution >= 4 is 40.7 Å². The maximum absolute atomic E-state index is 13.2. The molecule has 0 bridgehead atoms. The molecule has 2 fully saturated rings. The molecule has 1 saturated heterocycles. The molecule has 1 aliphatic heterocycles. The Morgan fingerprint density at radius 2 is 1.81 bits per heavy atom. The molecule has 168 valence electrons. The fourth-order valence-corrected chi connectivity index (χ4v) is 4.95. The first-order chi connectivity index (χ1) is 15.4. The zero-order chi connectivity index (χ0) is 22.8. The molecule has 0 radical (unpaired) electrons.